The van der Waals surface area contributed by atoms with Crippen LogP contribution >= 0.6 is 11.3 Å². The van der Waals surface area contributed by atoms with Gasteiger partial charge in [0, 0.05) is 29.0 Å². The van der Waals surface area contributed by atoms with Gasteiger partial charge in [0.05, 0.1) is 5.69 Å². The Labute approximate surface area is 150 Å². The lowest BCUT2D eigenvalue weighted by Gasteiger charge is -2.05. The quantitative estimate of drug-likeness (QED) is 0.731. The van der Waals surface area contributed by atoms with E-state index in [2.05, 4.69) is 10.3 Å². The van der Waals surface area contributed by atoms with Crippen molar-refractivity contribution < 1.29 is 9.18 Å². The van der Waals surface area contributed by atoms with Crippen molar-refractivity contribution in [1.82, 2.24) is 10.3 Å². The van der Waals surface area contributed by atoms with Gasteiger partial charge in [-0.05, 0) is 50.2 Å². The highest BCUT2D eigenvalue weighted by Gasteiger charge is 2.11. The minimum atomic E-state index is -0.254. The summed E-state index contributed by atoms with van der Waals surface area (Å²) in [5.41, 5.74) is 3.60. The first-order valence-electron chi connectivity index (χ1n) is 8.10. The second-order valence-electron chi connectivity index (χ2n) is 5.91. The molecule has 1 N–H and O–H groups in total. The third-order valence-electron chi connectivity index (χ3n) is 3.90. The highest BCUT2D eigenvalue weighted by atomic mass is 32.1. The van der Waals surface area contributed by atoms with Gasteiger partial charge in [-0.3, -0.25) is 4.79 Å². The van der Waals surface area contributed by atoms with Crippen molar-refractivity contribution in [3.8, 4) is 10.6 Å². The maximum atomic E-state index is 13.0. The van der Waals surface area contributed by atoms with Gasteiger partial charge in [-0.2, -0.15) is 0 Å². The van der Waals surface area contributed by atoms with Crippen LogP contribution in [0.25, 0.3) is 10.6 Å². The molecule has 2 aromatic carbocycles. The average molecular weight is 354 g/mol. The largest absolute Gasteiger partial charge is 0.352 e. The van der Waals surface area contributed by atoms with E-state index in [9.17, 15) is 9.18 Å². The Kier molecular flexibility index (Phi) is 5.24. The number of thiazole rings is 1. The number of hydrogen-bond acceptors (Lipinski definition) is 3. The third-order valence-corrected chi connectivity index (χ3v) is 5.17. The van der Waals surface area contributed by atoms with Gasteiger partial charge in [-0.25, -0.2) is 9.37 Å². The number of benzene rings is 2. The average Bonchev–Trinajstić information content (AvgIpc) is 2.96. The second-order valence-corrected chi connectivity index (χ2v) is 6.99. The number of halogens is 1. The molecule has 0 unspecified atom stereocenters. The summed E-state index contributed by atoms with van der Waals surface area (Å²) in [6, 6.07) is 13.9. The molecular formula is C20H19FN2OS. The van der Waals surface area contributed by atoms with Crippen LogP contribution in [0.3, 0.4) is 0 Å². The molecule has 0 radical (unpaired) electrons. The van der Waals surface area contributed by atoms with Crippen LogP contribution in [0.15, 0.2) is 48.5 Å². The molecule has 0 bridgehead atoms. The van der Waals surface area contributed by atoms with Crippen LogP contribution in [0.5, 0.6) is 0 Å². The first-order valence-corrected chi connectivity index (χ1v) is 8.91. The summed E-state index contributed by atoms with van der Waals surface area (Å²) in [5, 5.41) is 3.82. The van der Waals surface area contributed by atoms with Crippen molar-refractivity contribution in [1.29, 1.82) is 0 Å². The van der Waals surface area contributed by atoms with Crippen LogP contribution in [0, 0.1) is 19.7 Å². The van der Waals surface area contributed by atoms with Gasteiger partial charge < -0.3 is 5.32 Å². The second kappa shape index (κ2) is 7.57. The molecule has 0 fully saturated rings. The maximum Gasteiger partial charge on any atom is 0.251 e. The monoisotopic (exact) mass is 354 g/mol. The highest BCUT2D eigenvalue weighted by molar-refractivity contribution is 7.15. The Morgan fingerprint density at radius 1 is 1.16 bits per heavy atom. The van der Waals surface area contributed by atoms with Crippen LogP contribution in [0.2, 0.25) is 0 Å². The first kappa shape index (κ1) is 17.3. The topological polar surface area (TPSA) is 42.0 Å². The first-order chi connectivity index (χ1) is 12.0. The molecule has 0 aliphatic heterocycles. The van der Waals surface area contributed by atoms with E-state index in [1.807, 2.05) is 38.1 Å². The number of carbonyl (C=O) groups excluding carboxylic acids is 1. The van der Waals surface area contributed by atoms with E-state index >= 15 is 0 Å². The smallest absolute Gasteiger partial charge is 0.251 e. The van der Waals surface area contributed by atoms with E-state index in [1.54, 1.807) is 23.5 Å². The third kappa shape index (κ3) is 4.31. The SMILES string of the molecule is Cc1cccc(C(=O)NCCc2sc(-c3ccc(F)cc3)nc2C)c1. The van der Waals surface area contributed by atoms with E-state index in [-0.39, 0.29) is 11.7 Å². The van der Waals surface area contributed by atoms with Crippen LogP contribution < -0.4 is 5.32 Å². The lowest BCUT2D eigenvalue weighted by atomic mass is 10.1. The Morgan fingerprint density at radius 2 is 1.92 bits per heavy atom. The lowest BCUT2D eigenvalue weighted by molar-refractivity contribution is 0.0954. The van der Waals surface area contributed by atoms with Gasteiger partial charge in [0.2, 0.25) is 0 Å². The zero-order valence-corrected chi connectivity index (χ0v) is 15.0. The van der Waals surface area contributed by atoms with Crippen molar-refractivity contribution in [2.45, 2.75) is 20.3 Å². The van der Waals surface area contributed by atoms with Crippen LogP contribution in [0.4, 0.5) is 4.39 Å². The summed E-state index contributed by atoms with van der Waals surface area (Å²) in [5.74, 6) is -0.319. The fourth-order valence-corrected chi connectivity index (χ4v) is 3.62. The van der Waals surface area contributed by atoms with Gasteiger partial charge in [0.25, 0.3) is 5.91 Å². The number of amides is 1. The molecule has 0 aliphatic carbocycles. The van der Waals surface area contributed by atoms with Gasteiger partial charge in [0.1, 0.15) is 10.8 Å². The lowest BCUT2D eigenvalue weighted by Crippen LogP contribution is -2.25. The van der Waals surface area contributed by atoms with Crippen LogP contribution in [-0.4, -0.2) is 17.4 Å². The standard InChI is InChI=1S/C20H19FN2OS/c1-13-4-3-5-16(12-13)19(24)22-11-10-18-14(2)23-20(25-18)15-6-8-17(21)9-7-15/h3-9,12H,10-11H2,1-2H3,(H,22,24). The Bertz CT molecular complexity index is 887. The van der Waals surface area contributed by atoms with E-state index < -0.39 is 0 Å². The fraction of sp³-hybridized carbons (Fsp3) is 0.200. The fourth-order valence-electron chi connectivity index (χ4n) is 2.55. The number of aromatic nitrogens is 1. The molecule has 0 atom stereocenters. The summed E-state index contributed by atoms with van der Waals surface area (Å²) >= 11 is 1.58. The molecule has 3 aromatic rings. The van der Waals surface area contributed by atoms with Crippen molar-refractivity contribution in [3.05, 3.63) is 76.0 Å². The molecule has 0 saturated heterocycles. The molecule has 0 spiro atoms. The van der Waals surface area contributed by atoms with Crippen molar-refractivity contribution in [3.63, 3.8) is 0 Å². The molecule has 0 saturated carbocycles. The summed E-state index contributed by atoms with van der Waals surface area (Å²) in [6.45, 7) is 4.48. The molecule has 1 amide bonds. The normalized spacial score (nSPS) is 10.7. The molecule has 128 valence electrons. The Morgan fingerprint density at radius 3 is 2.64 bits per heavy atom. The van der Waals surface area contributed by atoms with E-state index in [0.717, 1.165) is 33.1 Å². The number of rotatable bonds is 5. The molecule has 0 aliphatic rings. The number of nitrogens with zero attached hydrogens (tertiary/aromatic N) is 1. The number of nitrogens with one attached hydrogen (secondary N) is 1. The Hall–Kier alpha value is -2.53. The number of carbonyl (C=O) groups is 1. The molecular weight excluding hydrogens is 335 g/mol. The van der Waals surface area contributed by atoms with Gasteiger partial charge in [0.15, 0.2) is 0 Å². The minimum absolute atomic E-state index is 0.0652. The minimum Gasteiger partial charge on any atom is -0.352 e. The van der Waals surface area contributed by atoms with Gasteiger partial charge >= 0.3 is 0 Å². The van der Waals surface area contributed by atoms with Crippen molar-refractivity contribution in [2.24, 2.45) is 0 Å². The molecule has 25 heavy (non-hydrogen) atoms. The van der Waals surface area contributed by atoms with Gasteiger partial charge in [-0.1, -0.05) is 17.7 Å². The summed E-state index contributed by atoms with van der Waals surface area (Å²) in [7, 11) is 0. The van der Waals surface area contributed by atoms with E-state index in [4.69, 9.17) is 0 Å². The molecule has 1 heterocycles. The maximum absolute atomic E-state index is 13.0. The molecule has 3 nitrogen and oxygen atoms in total. The van der Waals surface area contributed by atoms with Crippen LogP contribution in [0.1, 0.15) is 26.5 Å². The number of aryl methyl sites for hydroxylation is 2. The predicted octanol–water partition coefficient (Wildman–Crippen LogP) is 4.54. The predicted molar refractivity (Wildman–Crippen MR) is 99.5 cm³/mol. The van der Waals surface area contributed by atoms with Crippen LogP contribution in [-0.2, 0) is 6.42 Å². The van der Waals surface area contributed by atoms with E-state index in [1.165, 1.54) is 12.1 Å². The van der Waals surface area contributed by atoms with Gasteiger partial charge in [-0.15, -0.1) is 11.3 Å². The highest BCUT2D eigenvalue weighted by Crippen LogP contribution is 2.28. The summed E-state index contributed by atoms with van der Waals surface area (Å²) in [4.78, 5) is 17.9. The number of hydrogen-bond donors (Lipinski definition) is 1. The Balaban J connectivity index is 1.62. The van der Waals surface area contributed by atoms with E-state index in [0.29, 0.717) is 12.1 Å². The summed E-state index contributed by atoms with van der Waals surface area (Å²) < 4.78 is 13.0. The summed E-state index contributed by atoms with van der Waals surface area (Å²) in [6.07, 6.45) is 0.724. The molecule has 3 rings (SSSR count). The molecule has 5 heteroatoms. The zero-order chi connectivity index (χ0) is 17.8. The zero-order valence-electron chi connectivity index (χ0n) is 14.2. The van der Waals surface area contributed by atoms with Crippen molar-refractivity contribution >= 4 is 17.2 Å². The molecule has 1 aromatic heterocycles. The van der Waals surface area contributed by atoms with Crippen molar-refractivity contribution in [2.75, 3.05) is 6.54 Å².